The van der Waals surface area contributed by atoms with Gasteiger partial charge in [0.25, 0.3) is 0 Å². The molecule has 7 nitrogen and oxygen atoms in total. The molecule has 28 heavy (non-hydrogen) atoms. The van der Waals surface area contributed by atoms with Crippen LogP contribution < -0.4 is 10.1 Å². The molecule has 1 aliphatic rings. The third kappa shape index (κ3) is 5.09. The molecule has 0 saturated carbocycles. The number of rotatable bonds is 7. The van der Waals surface area contributed by atoms with Crippen molar-refractivity contribution < 1.29 is 24.2 Å². The van der Waals surface area contributed by atoms with E-state index in [1.807, 2.05) is 31.2 Å². The van der Waals surface area contributed by atoms with Gasteiger partial charge >= 0.3 is 5.97 Å². The molecule has 1 fully saturated rings. The predicted octanol–water partition coefficient (Wildman–Crippen LogP) is 2.45. The average Bonchev–Trinajstić information content (AvgIpc) is 3.03. The third-order valence-electron chi connectivity index (χ3n) is 4.56. The molecule has 3 rings (SSSR count). The predicted molar refractivity (Wildman–Crippen MR) is 103 cm³/mol. The maximum Gasteiger partial charge on any atom is 0.341 e. The van der Waals surface area contributed by atoms with Crippen LogP contribution in [0.2, 0.25) is 0 Å². The van der Waals surface area contributed by atoms with Crippen LogP contribution in [0.3, 0.4) is 0 Å². The van der Waals surface area contributed by atoms with Crippen LogP contribution >= 0.6 is 0 Å². The van der Waals surface area contributed by atoms with E-state index in [-0.39, 0.29) is 18.2 Å². The first-order chi connectivity index (χ1) is 13.4. The Bertz CT molecular complexity index is 861. The minimum absolute atomic E-state index is 0.0295. The van der Waals surface area contributed by atoms with Crippen molar-refractivity contribution in [3.63, 3.8) is 0 Å². The molecule has 1 heterocycles. The van der Waals surface area contributed by atoms with Gasteiger partial charge in [-0.3, -0.25) is 9.59 Å². The van der Waals surface area contributed by atoms with Gasteiger partial charge in [0.1, 0.15) is 5.75 Å². The number of likely N-dealkylation sites (tertiary alicyclic amines) is 1. The van der Waals surface area contributed by atoms with Gasteiger partial charge in [-0.25, -0.2) is 4.79 Å². The molecule has 1 unspecified atom stereocenters. The van der Waals surface area contributed by atoms with E-state index in [2.05, 4.69) is 5.32 Å². The second kappa shape index (κ2) is 8.56. The zero-order valence-electron chi connectivity index (χ0n) is 15.6. The highest BCUT2D eigenvalue weighted by molar-refractivity contribution is 5.97. The van der Waals surface area contributed by atoms with E-state index in [1.165, 1.54) is 0 Å². The Morgan fingerprint density at radius 2 is 1.82 bits per heavy atom. The normalized spacial score (nSPS) is 16.1. The molecule has 7 heteroatoms. The fourth-order valence-electron chi connectivity index (χ4n) is 3.04. The molecule has 146 valence electrons. The smallest absolute Gasteiger partial charge is 0.341 e. The Kier molecular flexibility index (Phi) is 5.93. The number of hydrogen-bond donors (Lipinski definition) is 2. The van der Waals surface area contributed by atoms with Crippen molar-refractivity contribution in [1.82, 2.24) is 4.90 Å². The SMILES string of the molecule is Cc1ccc(CN2CC(C(=O)Nc3ccc(OCC(=O)O)cc3)CC2=O)cc1. The highest BCUT2D eigenvalue weighted by Crippen LogP contribution is 2.23. The number of amides is 2. The molecule has 1 saturated heterocycles. The lowest BCUT2D eigenvalue weighted by Crippen LogP contribution is -2.28. The minimum atomic E-state index is -1.06. The van der Waals surface area contributed by atoms with E-state index in [0.29, 0.717) is 24.5 Å². The van der Waals surface area contributed by atoms with Gasteiger partial charge in [0.2, 0.25) is 11.8 Å². The first-order valence-corrected chi connectivity index (χ1v) is 8.99. The number of ether oxygens (including phenoxy) is 1. The number of nitrogens with one attached hydrogen (secondary N) is 1. The lowest BCUT2D eigenvalue weighted by Gasteiger charge is -2.17. The van der Waals surface area contributed by atoms with E-state index in [9.17, 15) is 14.4 Å². The van der Waals surface area contributed by atoms with Crippen molar-refractivity contribution in [3.05, 3.63) is 59.7 Å². The van der Waals surface area contributed by atoms with Crippen LogP contribution in [0.15, 0.2) is 48.5 Å². The molecule has 2 amide bonds. The Balaban J connectivity index is 1.54. The zero-order valence-corrected chi connectivity index (χ0v) is 15.6. The molecule has 0 radical (unpaired) electrons. The molecule has 0 spiro atoms. The van der Waals surface area contributed by atoms with Gasteiger partial charge in [0, 0.05) is 25.2 Å². The number of nitrogens with zero attached hydrogens (tertiary/aromatic N) is 1. The standard InChI is InChI=1S/C21H22N2O5/c1-14-2-4-15(5-3-14)11-23-12-16(10-19(23)24)21(27)22-17-6-8-18(9-7-17)28-13-20(25)26/h2-9,16H,10-13H2,1H3,(H,22,27)(H,25,26). The highest BCUT2D eigenvalue weighted by atomic mass is 16.5. The summed E-state index contributed by atoms with van der Waals surface area (Å²) in [4.78, 5) is 37.0. The first kappa shape index (κ1) is 19.4. The Morgan fingerprint density at radius 3 is 2.46 bits per heavy atom. The van der Waals surface area contributed by atoms with Crippen LogP contribution in [0.4, 0.5) is 5.69 Å². The fourth-order valence-corrected chi connectivity index (χ4v) is 3.04. The third-order valence-corrected chi connectivity index (χ3v) is 4.56. The van der Waals surface area contributed by atoms with Crippen LogP contribution in [0.5, 0.6) is 5.75 Å². The molecule has 1 aliphatic heterocycles. The second-order valence-corrected chi connectivity index (χ2v) is 6.86. The minimum Gasteiger partial charge on any atom is -0.482 e. The Hall–Kier alpha value is -3.35. The maximum atomic E-state index is 12.5. The largest absolute Gasteiger partial charge is 0.482 e. The van der Waals surface area contributed by atoms with Crippen molar-refractivity contribution >= 4 is 23.5 Å². The average molecular weight is 382 g/mol. The van der Waals surface area contributed by atoms with Crippen molar-refractivity contribution in [2.24, 2.45) is 5.92 Å². The summed E-state index contributed by atoms with van der Waals surface area (Å²) in [5.41, 5.74) is 2.77. The molecule has 1 atom stereocenters. The summed E-state index contributed by atoms with van der Waals surface area (Å²) < 4.78 is 5.06. The zero-order chi connectivity index (χ0) is 20.1. The number of carboxylic acids is 1. The lowest BCUT2D eigenvalue weighted by molar-refractivity contribution is -0.139. The summed E-state index contributed by atoms with van der Waals surface area (Å²) in [7, 11) is 0. The topological polar surface area (TPSA) is 95.9 Å². The Morgan fingerprint density at radius 1 is 1.14 bits per heavy atom. The number of hydrogen-bond acceptors (Lipinski definition) is 4. The summed E-state index contributed by atoms with van der Waals surface area (Å²) in [5.74, 6) is -1.29. The number of benzene rings is 2. The van der Waals surface area contributed by atoms with E-state index in [1.54, 1.807) is 29.2 Å². The second-order valence-electron chi connectivity index (χ2n) is 6.86. The number of aryl methyl sites for hydroxylation is 1. The van der Waals surface area contributed by atoms with Crippen LogP contribution in [-0.4, -0.2) is 40.9 Å². The van der Waals surface area contributed by atoms with Crippen molar-refractivity contribution in [1.29, 1.82) is 0 Å². The van der Waals surface area contributed by atoms with Gasteiger partial charge in [-0.2, -0.15) is 0 Å². The molecule has 0 bridgehead atoms. The van der Waals surface area contributed by atoms with Crippen molar-refractivity contribution in [2.75, 3.05) is 18.5 Å². The number of carboxylic acid groups (broad SMARTS) is 1. The molecule has 2 aromatic carbocycles. The summed E-state index contributed by atoms with van der Waals surface area (Å²) in [5, 5.41) is 11.4. The van der Waals surface area contributed by atoms with E-state index in [4.69, 9.17) is 9.84 Å². The van der Waals surface area contributed by atoms with Gasteiger partial charge in [0.15, 0.2) is 6.61 Å². The lowest BCUT2D eigenvalue weighted by atomic mass is 10.1. The molecule has 2 N–H and O–H groups in total. The van der Waals surface area contributed by atoms with Crippen LogP contribution in [0, 0.1) is 12.8 Å². The van der Waals surface area contributed by atoms with Crippen LogP contribution in [-0.2, 0) is 20.9 Å². The van der Waals surface area contributed by atoms with Crippen molar-refractivity contribution in [3.8, 4) is 5.75 Å². The van der Waals surface area contributed by atoms with E-state index < -0.39 is 18.5 Å². The van der Waals surface area contributed by atoms with Gasteiger partial charge in [0.05, 0.1) is 5.92 Å². The highest BCUT2D eigenvalue weighted by Gasteiger charge is 2.34. The summed E-state index contributed by atoms with van der Waals surface area (Å²) in [6.07, 6.45) is 0.192. The van der Waals surface area contributed by atoms with E-state index >= 15 is 0 Å². The first-order valence-electron chi connectivity index (χ1n) is 8.99. The van der Waals surface area contributed by atoms with Crippen LogP contribution in [0.1, 0.15) is 17.5 Å². The number of aliphatic carboxylic acids is 1. The quantitative estimate of drug-likeness (QED) is 0.767. The monoisotopic (exact) mass is 382 g/mol. The van der Waals surface area contributed by atoms with Gasteiger partial charge in [-0.1, -0.05) is 29.8 Å². The van der Waals surface area contributed by atoms with Gasteiger partial charge in [-0.15, -0.1) is 0 Å². The van der Waals surface area contributed by atoms with Crippen LogP contribution in [0.25, 0.3) is 0 Å². The molecule has 0 aliphatic carbocycles. The molecular weight excluding hydrogens is 360 g/mol. The molecule has 0 aromatic heterocycles. The van der Waals surface area contributed by atoms with Gasteiger partial charge < -0.3 is 20.1 Å². The van der Waals surface area contributed by atoms with Gasteiger partial charge in [-0.05, 0) is 36.8 Å². The number of carbonyl (C=O) groups is 3. The Labute approximate surface area is 162 Å². The van der Waals surface area contributed by atoms with Crippen molar-refractivity contribution in [2.45, 2.75) is 19.9 Å². The summed E-state index contributed by atoms with van der Waals surface area (Å²) in [6, 6.07) is 14.4. The number of anilines is 1. The number of carbonyl (C=O) groups excluding carboxylic acids is 2. The maximum absolute atomic E-state index is 12.5. The summed E-state index contributed by atoms with van der Waals surface area (Å²) in [6.45, 7) is 2.47. The fraction of sp³-hybridized carbons (Fsp3) is 0.286. The molecule has 2 aromatic rings. The summed E-state index contributed by atoms with van der Waals surface area (Å²) >= 11 is 0. The molecular formula is C21H22N2O5. The van der Waals surface area contributed by atoms with E-state index in [0.717, 1.165) is 11.1 Å².